The molecule has 0 unspecified atom stereocenters. The molecule has 4 aromatic rings. The predicted molar refractivity (Wildman–Crippen MR) is 145 cm³/mol. The molecule has 36 heavy (non-hydrogen) atoms. The van der Waals surface area contributed by atoms with E-state index in [9.17, 15) is 9.90 Å². The zero-order chi connectivity index (χ0) is 25.2. The second-order valence-corrected chi connectivity index (χ2v) is 9.13. The number of rotatable bonds is 13. The molecule has 1 aromatic heterocycles. The summed E-state index contributed by atoms with van der Waals surface area (Å²) in [5.74, 6) is 0.523. The Morgan fingerprint density at radius 3 is 2.03 bits per heavy atom. The van der Waals surface area contributed by atoms with Crippen LogP contribution in [0.4, 0.5) is 0 Å². The fraction of sp³-hybridized carbons (Fsp3) is 0.323. The van der Waals surface area contributed by atoms with Gasteiger partial charge in [-0.15, -0.1) is 0 Å². The standard InChI is InChI=1S/C31H35NO4/c1-2-3-4-5-6-13-20-32-28-21-26(35-22-24-14-9-7-10-15-24)18-19-27(28)29(33)30(31(32)34)36-23-25-16-11-8-12-17-25/h7-12,14-19,21,33H,2-6,13,20,22-23H2,1H3. The number of benzene rings is 3. The molecule has 0 atom stereocenters. The summed E-state index contributed by atoms with van der Waals surface area (Å²) in [6, 6.07) is 25.1. The van der Waals surface area contributed by atoms with Crippen LogP contribution in [0, 0.1) is 0 Å². The molecule has 3 aromatic carbocycles. The molecule has 5 nitrogen and oxygen atoms in total. The van der Waals surface area contributed by atoms with Crippen LogP contribution < -0.4 is 15.0 Å². The quantitative estimate of drug-likeness (QED) is 0.203. The first kappa shape index (κ1) is 25.4. The van der Waals surface area contributed by atoms with Crippen LogP contribution in [0.15, 0.2) is 83.7 Å². The van der Waals surface area contributed by atoms with Crippen LogP contribution in [0.25, 0.3) is 10.9 Å². The van der Waals surface area contributed by atoms with E-state index in [2.05, 4.69) is 6.92 Å². The highest BCUT2D eigenvalue weighted by atomic mass is 16.5. The molecule has 0 saturated carbocycles. The van der Waals surface area contributed by atoms with E-state index in [0.717, 1.165) is 30.4 Å². The number of fused-ring (bicyclic) bond motifs is 1. The monoisotopic (exact) mass is 485 g/mol. The molecule has 0 spiro atoms. The van der Waals surface area contributed by atoms with E-state index in [0.29, 0.717) is 29.8 Å². The highest BCUT2D eigenvalue weighted by molar-refractivity contribution is 5.88. The van der Waals surface area contributed by atoms with Crippen molar-refractivity contribution in [2.45, 2.75) is 65.2 Å². The van der Waals surface area contributed by atoms with Gasteiger partial charge in [-0.25, -0.2) is 0 Å². The number of ether oxygens (including phenoxy) is 2. The smallest absolute Gasteiger partial charge is 0.297 e. The van der Waals surface area contributed by atoms with Crippen molar-refractivity contribution in [2.75, 3.05) is 0 Å². The minimum Gasteiger partial charge on any atom is -0.504 e. The van der Waals surface area contributed by atoms with Crippen molar-refractivity contribution in [3.05, 3.63) is 100 Å². The van der Waals surface area contributed by atoms with Gasteiger partial charge in [0.15, 0.2) is 5.75 Å². The summed E-state index contributed by atoms with van der Waals surface area (Å²) in [5.41, 5.74) is 2.34. The summed E-state index contributed by atoms with van der Waals surface area (Å²) in [6.45, 7) is 3.41. The van der Waals surface area contributed by atoms with Crippen molar-refractivity contribution in [1.82, 2.24) is 4.57 Å². The summed E-state index contributed by atoms with van der Waals surface area (Å²) in [7, 11) is 0. The Kier molecular flexibility index (Phi) is 9.03. The first-order valence-corrected chi connectivity index (χ1v) is 12.9. The lowest BCUT2D eigenvalue weighted by Gasteiger charge is -2.17. The zero-order valence-electron chi connectivity index (χ0n) is 21.0. The van der Waals surface area contributed by atoms with Crippen molar-refractivity contribution >= 4 is 10.9 Å². The second kappa shape index (κ2) is 12.8. The molecule has 4 rings (SSSR count). The minimum atomic E-state index is -0.315. The van der Waals surface area contributed by atoms with Gasteiger partial charge in [-0.05, 0) is 29.7 Å². The van der Waals surface area contributed by atoms with Gasteiger partial charge in [0, 0.05) is 18.0 Å². The zero-order valence-corrected chi connectivity index (χ0v) is 21.0. The van der Waals surface area contributed by atoms with Crippen LogP contribution in [0.5, 0.6) is 17.2 Å². The SMILES string of the molecule is CCCCCCCCn1c(=O)c(OCc2ccccc2)c(O)c2ccc(OCc3ccccc3)cc21. The van der Waals surface area contributed by atoms with Crippen LogP contribution in [-0.2, 0) is 19.8 Å². The fourth-order valence-electron chi connectivity index (χ4n) is 4.35. The Balaban J connectivity index is 1.62. The van der Waals surface area contributed by atoms with E-state index in [4.69, 9.17) is 9.47 Å². The van der Waals surface area contributed by atoms with Gasteiger partial charge in [0.2, 0.25) is 5.75 Å². The van der Waals surface area contributed by atoms with E-state index in [1.165, 1.54) is 19.3 Å². The fourth-order valence-corrected chi connectivity index (χ4v) is 4.35. The molecule has 0 aliphatic heterocycles. The molecular formula is C31H35NO4. The van der Waals surface area contributed by atoms with Crippen LogP contribution in [0.1, 0.15) is 56.6 Å². The van der Waals surface area contributed by atoms with E-state index >= 15 is 0 Å². The number of unbranched alkanes of at least 4 members (excludes halogenated alkanes) is 5. The normalized spacial score (nSPS) is 11.0. The van der Waals surface area contributed by atoms with Gasteiger partial charge >= 0.3 is 0 Å². The van der Waals surface area contributed by atoms with Gasteiger partial charge in [-0.2, -0.15) is 0 Å². The molecule has 0 bridgehead atoms. The third-order valence-electron chi connectivity index (χ3n) is 6.38. The van der Waals surface area contributed by atoms with Gasteiger partial charge in [0.05, 0.1) is 5.52 Å². The Hall–Kier alpha value is -3.73. The molecule has 0 radical (unpaired) electrons. The van der Waals surface area contributed by atoms with Crippen molar-refractivity contribution < 1.29 is 14.6 Å². The van der Waals surface area contributed by atoms with Crippen molar-refractivity contribution in [3.8, 4) is 17.2 Å². The number of nitrogens with zero attached hydrogens (tertiary/aromatic N) is 1. The summed E-state index contributed by atoms with van der Waals surface area (Å²) in [5, 5.41) is 11.6. The Morgan fingerprint density at radius 1 is 0.750 bits per heavy atom. The highest BCUT2D eigenvalue weighted by Gasteiger charge is 2.18. The predicted octanol–water partition coefficient (Wildman–Crippen LogP) is 7.23. The van der Waals surface area contributed by atoms with Gasteiger partial charge in [0.1, 0.15) is 19.0 Å². The average Bonchev–Trinajstić information content (AvgIpc) is 2.92. The largest absolute Gasteiger partial charge is 0.504 e. The Morgan fingerprint density at radius 2 is 1.36 bits per heavy atom. The number of aromatic nitrogens is 1. The lowest BCUT2D eigenvalue weighted by Crippen LogP contribution is -2.23. The molecule has 188 valence electrons. The van der Waals surface area contributed by atoms with Gasteiger partial charge in [-0.1, -0.05) is 99.7 Å². The highest BCUT2D eigenvalue weighted by Crippen LogP contribution is 2.34. The summed E-state index contributed by atoms with van der Waals surface area (Å²) in [6.07, 6.45) is 6.75. The Labute approximate surface area is 212 Å². The molecular weight excluding hydrogens is 450 g/mol. The lowest BCUT2D eigenvalue weighted by molar-refractivity contribution is 0.283. The molecule has 5 heteroatoms. The second-order valence-electron chi connectivity index (χ2n) is 9.13. The van der Waals surface area contributed by atoms with E-state index in [1.807, 2.05) is 72.8 Å². The Bertz CT molecular complexity index is 1300. The van der Waals surface area contributed by atoms with E-state index in [-0.39, 0.29) is 23.7 Å². The third-order valence-corrected chi connectivity index (χ3v) is 6.38. The third kappa shape index (κ3) is 6.48. The van der Waals surface area contributed by atoms with Crippen LogP contribution in [-0.4, -0.2) is 9.67 Å². The molecule has 1 N–H and O–H groups in total. The van der Waals surface area contributed by atoms with Crippen LogP contribution in [0.2, 0.25) is 0 Å². The molecule has 0 fully saturated rings. The van der Waals surface area contributed by atoms with Gasteiger partial charge in [0.25, 0.3) is 5.56 Å². The average molecular weight is 486 g/mol. The number of hydrogen-bond acceptors (Lipinski definition) is 4. The number of pyridine rings is 1. The summed E-state index contributed by atoms with van der Waals surface area (Å²) in [4.78, 5) is 13.5. The van der Waals surface area contributed by atoms with Crippen molar-refractivity contribution in [2.24, 2.45) is 0 Å². The first-order chi connectivity index (χ1) is 17.7. The van der Waals surface area contributed by atoms with Gasteiger partial charge < -0.3 is 19.1 Å². The lowest BCUT2D eigenvalue weighted by atomic mass is 10.1. The molecule has 1 heterocycles. The van der Waals surface area contributed by atoms with Crippen LogP contribution >= 0.6 is 0 Å². The molecule has 0 aliphatic carbocycles. The summed E-state index contributed by atoms with van der Waals surface area (Å²) >= 11 is 0. The van der Waals surface area contributed by atoms with Crippen molar-refractivity contribution in [1.29, 1.82) is 0 Å². The van der Waals surface area contributed by atoms with Gasteiger partial charge in [-0.3, -0.25) is 4.79 Å². The first-order valence-electron chi connectivity index (χ1n) is 12.9. The maximum atomic E-state index is 13.5. The molecule has 0 amide bonds. The minimum absolute atomic E-state index is 0.00436. The number of hydrogen-bond donors (Lipinski definition) is 1. The van der Waals surface area contributed by atoms with E-state index in [1.54, 1.807) is 10.6 Å². The topological polar surface area (TPSA) is 60.7 Å². The van der Waals surface area contributed by atoms with Crippen molar-refractivity contribution in [3.63, 3.8) is 0 Å². The number of aryl methyl sites for hydroxylation is 1. The molecule has 0 saturated heterocycles. The number of aromatic hydroxyl groups is 1. The maximum Gasteiger partial charge on any atom is 0.297 e. The summed E-state index contributed by atoms with van der Waals surface area (Å²) < 4.78 is 13.6. The maximum absolute atomic E-state index is 13.5. The van der Waals surface area contributed by atoms with E-state index < -0.39 is 0 Å². The molecule has 0 aliphatic rings. The van der Waals surface area contributed by atoms with Crippen LogP contribution in [0.3, 0.4) is 0 Å².